The molecule has 6 heteroatoms. The smallest absolute Gasteiger partial charge is 0.316 e. The van der Waals surface area contributed by atoms with Crippen LogP contribution in [-0.2, 0) is 14.3 Å². The lowest BCUT2D eigenvalue weighted by Crippen LogP contribution is -2.31. The van der Waals surface area contributed by atoms with E-state index < -0.39 is 18.0 Å². The van der Waals surface area contributed by atoms with Crippen molar-refractivity contribution in [3.8, 4) is 0 Å². The summed E-state index contributed by atoms with van der Waals surface area (Å²) in [7, 11) is 0. The van der Waals surface area contributed by atoms with Crippen molar-refractivity contribution in [1.82, 2.24) is 0 Å². The molecule has 2 atom stereocenters. The van der Waals surface area contributed by atoms with Gasteiger partial charge in [-0.3, -0.25) is 9.59 Å². The summed E-state index contributed by atoms with van der Waals surface area (Å²) < 4.78 is 5.00. The standard InChI is InChI=1S/C18H18ClNO3S/c1-12(18(20)22)23-16(21)11-24-17(13-5-3-2-4-6-13)14-7-9-15(19)10-8-14/h2-10,12,17H,11H2,1H3,(H2,20,22)/t12-,17-/m1/s1. The molecule has 0 unspecified atom stereocenters. The number of benzene rings is 2. The highest BCUT2D eigenvalue weighted by Gasteiger charge is 2.19. The summed E-state index contributed by atoms with van der Waals surface area (Å²) in [5.74, 6) is -1.02. The number of carbonyl (C=O) groups is 2. The van der Waals surface area contributed by atoms with E-state index >= 15 is 0 Å². The Morgan fingerprint density at radius 3 is 2.25 bits per heavy atom. The molecule has 0 bridgehead atoms. The molecule has 0 radical (unpaired) electrons. The van der Waals surface area contributed by atoms with Crippen molar-refractivity contribution < 1.29 is 14.3 Å². The van der Waals surface area contributed by atoms with Crippen LogP contribution in [-0.4, -0.2) is 23.7 Å². The normalized spacial score (nSPS) is 13.1. The van der Waals surface area contributed by atoms with Crippen molar-refractivity contribution in [3.05, 3.63) is 70.7 Å². The van der Waals surface area contributed by atoms with Crippen molar-refractivity contribution >= 4 is 35.2 Å². The minimum absolute atomic E-state index is 0.0418. The minimum atomic E-state index is -0.927. The number of primary amides is 1. The fourth-order valence-corrected chi connectivity index (χ4v) is 3.29. The van der Waals surface area contributed by atoms with Crippen LogP contribution in [0.2, 0.25) is 5.02 Å². The molecule has 2 aromatic carbocycles. The number of thioether (sulfide) groups is 1. The molecular formula is C18H18ClNO3S. The van der Waals surface area contributed by atoms with E-state index in [9.17, 15) is 9.59 Å². The van der Waals surface area contributed by atoms with E-state index in [1.165, 1.54) is 18.7 Å². The van der Waals surface area contributed by atoms with Gasteiger partial charge in [0.15, 0.2) is 6.10 Å². The zero-order valence-electron chi connectivity index (χ0n) is 13.1. The van der Waals surface area contributed by atoms with Gasteiger partial charge < -0.3 is 10.5 Å². The first-order chi connectivity index (χ1) is 11.5. The lowest BCUT2D eigenvalue weighted by atomic mass is 10.0. The van der Waals surface area contributed by atoms with E-state index in [2.05, 4.69) is 0 Å². The molecule has 2 rings (SSSR count). The van der Waals surface area contributed by atoms with Gasteiger partial charge >= 0.3 is 5.97 Å². The van der Waals surface area contributed by atoms with Crippen LogP contribution in [0.3, 0.4) is 0 Å². The molecule has 24 heavy (non-hydrogen) atoms. The van der Waals surface area contributed by atoms with Crippen molar-refractivity contribution in [3.63, 3.8) is 0 Å². The minimum Gasteiger partial charge on any atom is -0.452 e. The largest absolute Gasteiger partial charge is 0.452 e. The van der Waals surface area contributed by atoms with Crippen LogP contribution < -0.4 is 5.73 Å². The first-order valence-electron chi connectivity index (χ1n) is 7.38. The second-order valence-corrected chi connectivity index (χ2v) is 6.72. The number of hydrogen-bond acceptors (Lipinski definition) is 4. The van der Waals surface area contributed by atoms with Gasteiger partial charge in [0.2, 0.25) is 0 Å². The molecule has 126 valence electrons. The Morgan fingerprint density at radius 2 is 1.67 bits per heavy atom. The molecule has 0 spiro atoms. The number of rotatable bonds is 7. The molecule has 1 amide bonds. The molecule has 2 N–H and O–H groups in total. The zero-order valence-corrected chi connectivity index (χ0v) is 14.7. The Hall–Kier alpha value is -1.98. The zero-order chi connectivity index (χ0) is 17.5. The molecule has 0 aromatic heterocycles. The molecule has 0 fully saturated rings. The van der Waals surface area contributed by atoms with Crippen LogP contribution in [0.4, 0.5) is 0 Å². The first kappa shape index (κ1) is 18.4. The number of hydrogen-bond donors (Lipinski definition) is 1. The fourth-order valence-electron chi connectivity index (χ4n) is 2.09. The average molecular weight is 364 g/mol. The van der Waals surface area contributed by atoms with Crippen LogP contribution in [0.25, 0.3) is 0 Å². The number of halogens is 1. The van der Waals surface area contributed by atoms with E-state index in [0.29, 0.717) is 5.02 Å². The summed E-state index contributed by atoms with van der Waals surface area (Å²) in [6.07, 6.45) is -0.927. The topological polar surface area (TPSA) is 69.4 Å². The van der Waals surface area contributed by atoms with Gasteiger partial charge in [0.1, 0.15) is 0 Å². The second kappa shape index (κ2) is 8.76. The van der Waals surface area contributed by atoms with Crippen molar-refractivity contribution in [2.24, 2.45) is 5.73 Å². The van der Waals surface area contributed by atoms with Gasteiger partial charge in [-0.15, -0.1) is 11.8 Å². The van der Waals surface area contributed by atoms with E-state index in [4.69, 9.17) is 22.1 Å². The molecule has 0 heterocycles. The summed E-state index contributed by atoms with van der Waals surface area (Å²) in [4.78, 5) is 22.9. The van der Waals surface area contributed by atoms with E-state index in [1.54, 1.807) is 0 Å². The first-order valence-corrected chi connectivity index (χ1v) is 8.81. The van der Waals surface area contributed by atoms with Crippen LogP contribution in [0.5, 0.6) is 0 Å². The molecule has 0 aliphatic rings. The molecule has 4 nitrogen and oxygen atoms in total. The van der Waals surface area contributed by atoms with Gasteiger partial charge in [-0.05, 0) is 30.2 Å². The number of esters is 1. The van der Waals surface area contributed by atoms with Gasteiger partial charge in [0.05, 0.1) is 11.0 Å². The van der Waals surface area contributed by atoms with Crippen LogP contribution in [0.1, 0.15) is 23.3 Å². The van der Waals surface area contributed by atoms with E-state index in [0.717, 1.165) is 11.1 Å². The molecule has 2 aromatic rings. The predicted molar refractivity (Wildman–Crippen MR) is 96.9 cm³/mol. The van der Waals surface area contributed by atoms with Crippen LogP contribution in [0, 0.1) is 0 Å². The quantitative estimate of drug-likeness (QED) is 0.763. The molecule has 0 saturated heterocycles. The molecular weight excluding hydrogens is 346 g/mol. The summed E-state index contributed by atoms with van der Waals surface area (Å²) in [5, 5.41) is 0.616. The van der Waals surface area contributed by atoms with Gasteiger partial charge in [-0.1, -0.05) is 54.1 Å². The van der Waals surface area contributed by atoms with Crippen molar-refractivity contribution in [2.45, 2.75) is 18.3 Å². The highest BCUT2D eigenvalue weighted by atomic mass is 35.5. The second-order valence-electron chi connectivity index (χ2n) is 5.19. The third kappa shape index (κ3) is 5.28. The maximum Gasteiger partial charge on any atom is 0.316 e. The SMILES string of the molecule is C[C@@H](OC(=O)CS[C@H](c1ccccc1)c1ccc(Cl)cc1)C(N)=O. The maximum absolute atomic E-state index is 11.9. The van der Waals surface area contributed by atoms with Crippen molar-refractivity contribution in [1.29, 1.82) is 0 Å². The lowest BCUT2D eigenvalue weighted by Gasteiger charge is -2.18. The fraction of sp³-hybridized carbons (Fsp3) is 0.222. The highest BCUT2D eigenvalue weighted by molar-refractivity contribution is 8.00. The summed E-state index contributed by atoms with van der Waals surface area (Å²) in [5.41, 5.74) is 7.20. The van der Waals surface area contributed by atoms with Crippen molar-refractivity contribution in [2.75, 3.05) is 5.75 Å². The van der Waals surface area contributed by atoms with Gasteiger partial charge in [0.25, 0.3) is 5.91 Å². The molecule has 0 aliphatic heterocycles. The van der Waals surface area contributed by atoms with Gasteiger partial charge in [-0.2, -0.15) is 0 Å². The number of ether oxygens (including phenoxy) is 1. The highest BCUT2D eigenvalue weighted by Crippen LogP contribution is 2.36. The van der Waals surface area contributed by atoms with Crippen LogP contribution in [0.15, 0.2) is 54.6 Å². The Labute approximate surface area is 150 Å². The lowest BCUT2D eigenvalue weighted by molar-refractivity contribution is -0.151. The van der Waals surface area contributed by atoms with Gasteiger partial charge in [-0.25, -0.2) is 0 Å². The summed E-state index contributed by atoms with van der Waals surface area (Å²) >= 11 is 7.38. The summed E-state index contributed by atoms with van der Waals surface area (Å²) in [6, 6.07) is 17.4. The number of nitrogens with two attached hydrogens (primary N) is 1. The summed E-state index contributed by atoms with van der Waals surface area (Å²) in [6.45, 7) is 1.46. The third-order valence-electron chi connectivity index (χ3n) is 3.35. The Morgan fingerprint density at radius 1 is 1.08 bits per heavy atom. The Balaban J connectivity index is 2.11. The van der Waals surface area contributed by atoms with E-state index in [1.807, 2.05) is 54.6 Å². The monoisotopic (exact) mass is 363 g/mol. The number of amides is 1. The Kier molecular flexibility index (Phi) is 6.70. The number of carbonyl (C=O) groups excluding carboxylic acids is 2. The molecule has 0 aliphatic carbocycles. The third-order valence-corrected chi connectivity index (χ3v) is 4.88. The maximum atomic E-state index is 11.9. The Bertz CT molecular complexity index is 691. The molecule has 0 saturated carbocycles. The average Bonchev–Trinajstić information content (AvgIpc) is 2.57. The predicted octanol–water partition coefficient (Wildman–Crippen LogP) is 3.58. The van der Waals surface area contributed by atoms with Crippen LogP contribution >= 0.6 is 23.4 Å². The van der Waals surface area contributed by atoms with Gasteiger partial charge in [0, 0.05) is 5.02 Å². The van der Waals surface area contributed by atoms with E-state index in [-0.39, 0.29) is 11.0 Å².